The number of fused-ring (bicyclic) bond motifs is 1. The van der Waals surface area contributed by atoms with Gasteiger partial charge < -0.3 is 9.88 Å². The number of nitrogens with one attached hydrogen (secondary N) is 1. The van der Waals surface area contributed by atoms with Gasteiger partial charge in [0.2, 0.25) is 5.91 Å². The molecule has 140 valence electrons. The Bertz CT molecular complexity index is 716. The van der Waals surface area contributed by atoms with E-state index in [9.17, 15) is 4.79 Å². The molecule has 5 nitrogen and oxygen atoms in total. The standard InChI is InChI=1S/C20H28N4OS/c1-15(12-13-17-9-5-3-6-10-17)21-19(25)16(2)26-20-23-22-18-11-7-4-8-14-24(18)20/h3,5-6,9-10,15-16H,4,7-8,11-14H2,1-2H3,(H,21,25). The fourth-order valence-electron chi connectivity index (χ4n) is 3.22. The number of aromatic nitrogens is 3. The molecule has 2 heterocycles. The second kappa shape index (κ2) is 9.21. The van der Waals surface area contributed by atoms with Crippen LogP contribution in [0.15, 0.2) is 35.5 Å². The van der Waals surface area contributed by atoms with Crippen LogP contribution in [0, 0.1) is 0 Å². The fourth-order valence-corrected chi connectivity index (χ4v) is 4.12. The van der Waals surface area contributed by atoms with E-state index in [1.807, 2.05) is 13.0 Å². The van der Waals surface area contributed by atoms with Crippen LogP contribution < -0.4 is 5.32 Å². The summed E-state index contributed by atoms with van der Waals surface area (Å²) >= 11 is 1.52. The smallest absolute Gasteiger partial charge is 0.233 e. The van der Waals surface area contributed by atoms with Crippen molar-refractivity contribution in [3.05, 3.63) is 41.7 Å². The Morgan fingerprint density at radius 2 is 2.00 bits per heavy atom. The van der Waals surface area contributed by atoms with Gasteiger partial charge in [-0.25, -0.2) is 0 Å². The highest BCUT2D eigenvalue weighted by atomic mass is 32.2. The zero-order valence-corrected chi connectivity index (χ0v) is 16.5. The molecule has 0 saturated heterocycles. The first-order valence-corrected chi connectivity index (χ1v) is 10.4. The molecule has 1 aliphatic rings. The van der Waals surface area contributed by atoms with Crippen LogP contribution in [0.25, 0.3) is 0 Å². The van der Waals surface area contributed by atoms with Crippen molar-refractivity contribution in [1.29, 1.82) is 0 Å². The molecule has 0 bridgehead atoms. The van der Waals surface area contributed by atoms with E-state index >= 15 is 0 Å². The van der Waals surface area contributed by atoms with E-state index in [1.165, 1.54) is 30.2 Å². The van der Waals surface area contributed by atoms with Gasteiger partial charge in [0.1, 0.15) is 5.82 Å². The van der Waals surface area contributed by atoms with Gasteiger partial charge in [0.05, 0.1) is 5.25 Å². The molecule has 0 spiro atoms. The summed E-state index contributed by atoms with van der Waals surface area (Å²) in [7, 11) is 0. The zero-order valence-electron chi connectivity index (χ0n) is 15.6. The minimum absolute atomic E-state index is 0.0709. The van der Waals surface area contributed by atoms with E-state index in [1.54, 1.807) is 0 Å². The molecule has 0 saturated carbocycles. The molecule has 1 amide bonds. The second-order valence-electron chi connectivity index (χ2n) is 7.06. The molecule has 26 heavy (non-hydrogen) atoms. The molecular weight excluding hydrogens is 344 g/mol. The maximum absolute atomic E-state index is 12.5. The molecule has 1 aliphatic heterocycles. The summed E-state index contributed by atoms with van der Waals surface area (Å²) in [5, 5.41) is 12.5. The second-order valence-corrected chi connectivity index (χ2v) is 8.36. The Morgan fingerprint density at radius 3 is 2.81 bits per heavy atom. The van der Waals surface area contributed by atoms with Crippen LogP contribution in [0.3, 0.4) is 0 Å². The van der Waals surface area contributed by atoms with Crippen LogP contribution in [-0.4, -0.2) is 32.0 Å². The molecule has 0 radical (unpaired) electrons. The maximum Gasteiger partial charge on any atom is 0.233 e. The van der Waals surface area contributed by atoms with Crippen molar-refractivity contribution in [3.63, 3.8) is 0 Å². The summed E-state index contributed by atoms with van der Waals surface area (Å²) in [5.74, 6) is 1.13. The van der Waals surface area contributed by atoms with Gasteiger partial charge in [-0.05, 0) is 45.1 Å². The summed E-state index contributed by atoms with van der Waals surface area (Å²) in [6.07, 6.45) is 6.48. The molecule has 3 rings (SSSR count). The number of carbonyl (C=O) groups is 1. The number of amides is 1. The van der Waals surface area contributed by atoms with Gasteiger partial charge >= 0.3 is 0 Å². The number of aryl methyl sites for hydroxylation is 2. The highest BCUT2D eigenvalue weighted by Crippen LogP contribution is 2.25. The van der Waals surface area contributed by atoms with E-state index in [2.05, 4.69) is 51.3 Å². The Kier molecular flexibility index (Phi) is 6.72. The molecule has 2 unspecified atom stereocenters. The van der Waals surface area contributed by atoms with Crippen molar-refractivity contribution in [2.24, 2.45) is 0 Å². The number of hydrogen-bond acceptors (Lipinski definition) is 4. The number of nitrogens with zero attached hydrogens (tertiary/aromatic N) is 3. The van der Waals surface area contributed by atoms with Crippen LogP contribution in [0.2, 0.25) is 0 Å². The van der Waals surface area contributed by atoms with Gasteiger partial charge in [-0.3, -0.25) is 4.79 Å². The highest BCUT2D eigenvalue weighted by Gasteiger charge is 2.21. The molecule has 2 atom stereocenters. The maximum atomic E-state index is 12.5. The average Bonchev–Trinajstić information content (AvgIpc) is 2.87. The van der Waals surface area contributed by atoms with Gasteiger partial charge in [0.25, 0.3) is 0 Å². The molecule has 0 fully saturated rings. The molecule has 6 heteroatoms. The SMILES string of the molecule is CC(CCc1ccccc1)NC(=O)C(C)Sc1nnc2n1CCCCC2. The minimum atomic E-state index is -0.175. The lowest BCUT2D eigenvalue weighted by Crippen LogP contribution is -2.38. The average molecular weight is 373 g/mol. The summed E-state index contributed by atoms with van der Waals surface area (Å²) in [5.41, 5.74) is 1.31. The first-order valence-electron chi connectivity index (χ1n) is 9.56. The molecule has 2 aromatic rings. The van der Waals surface area contributed by atoms with Crippen molar-refractivity contribution >= 4 is 17.7 Å². The molecule has 1 N–H and O–H groups in total. The van der Waals surface area contributed by atoms with Crippen molar-refractivity contribution in [3.8, 4) is 0 Å². The summed E-state index contributed by atoms with van der Waals surface area (Å²) in [6.45, 7) is 4.98. The van der Waals surface area contributed by atoms with Crippen LogP contribution in [-0.2, 0) is 24.2 Å². The number of benzene rings is 1. The van der Waals surface area contributed by atoms with Crippen molar-refractivity contribution < 1.29 is 4.79 Å². The molecule has 1 aromatic heterocycles. The lowest BCUT2D eigenvalue weighted by Gasteiger charge is -2.17. The number of rotatable bonds is 7. The topological polar surface area (TPSA) is 59.8 Å². The van der Waals surface area contributed by atoms with Crippen molar-refractivity contribution in [1.82, 2.24) is 20.1 Å². The Morgan fingerprint density at radius 1 is 1.19 bits per heavy atom. The third-order valence-corrected chi connectivity index (χ3v) is 5.90. The predicted molar refractivity (Wildman–Crippen MR) is 105 cm³/mol. The summed E-state index contributed by atoms with van der Waals surface area (Å²) < 4.78 is 2.19. The summed E-state index contributed by atoms with van der Waals surface area (Å²) in [6, 6.07) is 10.5. The van der Waals surface area contributed by atoms with Crippen molar-refractivity contribution in [2.75, 3.05) is 0 Å². The van der Waals surface area contributed by atoms with Gasteiger partial charge in [-0.15, -0.1) is 10.2 Å². The van der Waals surface area contributed by atoms with Gasteiger partial charge in [0.15, 0.2) is 5.16 Å². The van der Waals surface area contributed by atoms with E-state index in [4.69, 9.17) is 0 Å². The quantitative estimate of drug-likeness (QED) is 0.754. The van der Waals surface area contributed by atoms with Crippen molar-refractivity contribution in [2.45, 2.75) is 75.4 Å². The number of hydrogen-bond donors (Lipinski definition) is 1. The van der Waals surface area contributed by atoms with E-state index in [-0.39, 0.29) is 17.2 Å². The van der Waals surface area contributed by atoms with E-state index in [0.29, 0.717) is 0 Å². The first kappa shape index (κ1) is 19.0. The lowest BCUT2D eigenvalue weighted by atomic mass is 10.1. The first-order chi connectivity index (χ1) is 12.6. The Balaban J connectivity index is 1.49. The largest absolute Gasteiger partial charge is 0.353 e. The van der Waals surface area contributed by atoms with Crippen LogP contribution in [0.4, 0.5) is 0 Å². The van der Waals surface area contributed by atoms with E-state index < -0.39 is 0 Å². The number of thioether (sulfide) groups is 1. The lowest BCUT2D eigenvalue weighted by molar-refractivity contribution is -0.120. The minimum Gasteiger partial charge on any atom is -0.353 e. The van der Waals surface area contributed by atoms with Gasteiger partial charge in [-0.1, -0.05) is 48.5 Å². The van der Waals surface area contributed by atoms with Crippen LogP contribution in [0.1, 0.15) is 50.9 Å². The van der Waals surface area contributed by atoms with Gasteiger partial charge in [-0.2, -0.15) is 0 Å². The fraction of sp³-hybridized carbons (Fsp3) is 0.550. The van der Waals surface area contributed by atoms with Crippen LogP contribution in [0.5, 0.6) is 0 Å². The van der Waals surface area contributed by atoms with E-state index in [0.717, 1.165) is 43.2 Å². The third-order valence-electron chi connectivity index (χ3n) is 4.82. The van der Waals surface area contributed by atoms with Crippen LogP contribution >= 0.6 is 11.8 Å². The Labute approximate surface area is 160 Å². The number of carbonyl (C=O) groups excluding carboxylic acids is 1. The molecule has 1 aromatic carbocycles. The normalized spacial score (nSPS) is 16.4. The predicted octanol–water partition coefficient (Wildman–Crippen LogP) is 3.62. The monoisotopic (exact) mass is 372 g/mol. The highest BCUT2D eigenvalue weighted by molar-refractivity contribution is 8.00. The van der Waals surface area contributed by atoms with Gasteiger partial charge in [0, 0.05) is 19.0 Å². The molecule has 0 aliphatic carbocycles. The summed E-state index contributed by atoms with van der Waals surface area (Å²) in [4.78, 5) is 12.5. The third kappa shape index (κ3) is 5.10. The Hall–Kier alpha value is -1.82. The molecular formula is C20H28N4OS. The zero-order chi connectivity index (χ0) is 18.4.